The molecule has 0 aliphatic carbocycles. The molecule has 0 bridgehead atoms. The fourth-order valence-electron chi connectivity index (χ4n) is 18.7. The van der Waals surface area contributed by atoms with E-state index in [0.717, 1.165) is 73.0 Å². The van der Waals surface area contributed by atoms with Crippen LogP contribution >= 0.6 is 20.6 Å². The molecule has 0 spiro atoms. The van der Waals surface area contributed by atoms with Gasteiger partial charge in [-0.25, -0.2) is 0 Å². The molecule has 0 unspecified atom stereocenters. The summed E-state index contributed by atoms with van der Waals surface area (Å²) in [7, 11) is -8.13. The van der Waals surface area contributed by atoms with Crippen molar-refractivity contribution in [2.75, 3.05) is 34.5 Å². The summed E-state index contributed by atoms with van der Waals surface area (Å²) in [5.41, 5.74) is 0. The highest BCUT2D eigenvalue weighted by molar-refractivity contribution is 8.35. The predicted molar refractivity (Wildman–Crippen MR) is 533 cm³/mol. The topological polar surface area (TPSA) is 52.6 Å². The van der Waals surface area contributed by atoms with Gasteiger partial charge in [-0.2, -0.15) is 15.7 Å². The second-order valence-corrected chi connectivity index (χ2v) is 46.7. The van der Waals surface area contributed by atoms with Crippen molar-refractivity contribution >= 4 is 31.0 Å². The molecule has 0 aromatic rings. The fraction of sp³-hybridized carbons (Fsp3) is 1.00. The van der Waals surface area contributed by atoms with E-state index in [4.69, 9.17) is 7.26 Å². The molecule has 0 radical (unpaired) electrons. The summed E-state index contributed by atoms with van der Waals surface area (Å²) in [6.07, 6.45) is 131. The van der Waals surface area contributed by atoms with Crippen LogP contribution in [0.4, 0.5) is 0 Å². The molecule has 0 amide bonds. The Morgan fingerprint density at radius 2 is 0.183 bits per heavy atom. The fourth-order valence-corrected chi connectivity index (χ4v) is 29.0. The van der Waals surface area contributed by atoms with Gasteiger partial charge in [0.2, 0.25) is 0 Å². The van der Waals surface area contributed by atoms with E-state index in [1.165, 1.54) is 578 Å². The van der Waals surface area contributed by atoms with Crippen LogP contribution in [-0.4, -0.2) is 42.9 Å². The zero-order chi connectivity index (χ0) is 83.0. The van der Waals surface area contributed by atoms with Gasteiger partial charge in [-0.3, -0.25) is 0 Å². The molecular formula is C108H222O4S3. The van der Waals surface area contributed by atoms with Crippen LogP contribution in [0, 0.1) is 0 Å². The molecule has 0 saturated carbocycles. The minimum atomic E-state index is -4.25. The summed E-state index contributed by atoms with van der Waals surface area (Å²) >= 11 is 0. The minimum absolute atomic E-state index is 0.950. The highest BCUT2D eigenvalue weighted by Gasteiger charge is 2.37. The standard InChI is InChI=1S/C108H222O4S3/c1-7-13-19-25-31-37-43-49-55-61-67-73-79-85-91-97-103-113(104-98-92-86-80-74-68-62-56-50-44-38-32-26-20-14-8-2,105-99-93-87-81-75-69-63-57-51-45-39-33-27-21-15-9-3)111-115(109,110)112-114(106-100-94-88-82-76-70-64-58-52-46-40-34-28-22-16-10-4,107-101-95-89-83-77-71-65-59-53-47-41-35-29-23-17-11-5)108-102-96-90-84-78-72-66-60-54-48-42-36-30-24-18-12-6/h7-108H2,1-6H3. The maximum absolute atomic E-state index is 15.9. The number of rotatable bonds is 106. The Kier molecular flexibility index (Phi) is 98.9. The largest absolute Gasteiger partial charge is 0.418 e. The minimum Gasteiger partial charge on any atom is -0.197 e. The van der Waals surface area contributed by atoms with Crippen LogP contribution in [-0.2, 0) is 17.7 Å². The van der Waals surface area contributed by atoms with Gasteiger partial charge in [-0.1, -0.05) is 619 Å². The summed E-state index contributed by atoms with van der Waals surface area (Å²) < 4.78 is 46.4. The highest BCUT2D eigenvalue weighted by atomic mass is 32.4. The predicted octanol–water partition coefficient (Wildman–Crippen LogP) is 41.3. The summed E-state index contributed by atoms with van der Waals surface area (Å²) in [5.74, 6) is 5.70. The molecule has 696 valence electrons. The van der Waals surface area contributed by atoms with Gasteiger partial charge >= 0.3 is 10.4 Å². The second kappa shape index (κ2) is 98.4. The normalized spacial score (nSPS) is 12.6. The van der Waals surface area contributed by atoms with Crippen LogP contribution in [0.2, 0.25) is 0 Å². The Bertz CT molecular complexity index is 1560. The quantitative estimate of drug-likeness (QED) is 0.0570. The van der Waals surface area contributed by atoms with Crippen LogP contribution in [0.5, 0.6) is 0 Å². The number of hydrogen-bond acceptors (Lipinski definition) is 4. The molecule has 0 aromatic carbocycles. The summed E-state index contributed by atoms with van der Waals surface area (Å²) in [6, 6.07) is 0. The van der Waals surface area contributed by atoms with Crippen molar-refractivity contribution in [1.82, 2.24) is 0 Å². The number of unbranched alkanes of at least 4 members (excludes halogenated alkanes) is 90. The van der Waals surface area contributed by atoms with Crippen LogP contribution < -0.4 is 0 Å². The average molecular weight is 1680 g/mol. The zero-order valence-corrected chi connectivity index (χ0v) is 83.4. The van der Waals surface area contributed by atoms with Gasteiger partial charge in [0.25, 0.3) is 0 Å². The molecule has 115 heavy (non-hydrogen) atoms. The lowest BCUT2D eigenvalue weighted by atomic mass is 10.0. The first-order valence-electron chi connectivity index (χ1n) is 55.0. The Morgan fingerprint density at radius 1 is 0.113 bits per heavy atom. The van der Waals surface area contributed by atoms with Gasteiger partial charge in [0.15, 0.2) is 0 Å². The molecule has 0 aliphatic heterocycles. The van der Waals surface area contributed by atoms with Crippen molar-refractivity contribution < 1.29 is 15.7 Å². The van der Waals surface area contributed by atoms with Crippen LogP contribution in [0.25, 0.3) is 0 Å². The smallest absolute Gasteiger partial charge is 0.197 e. The van der Waals surface area contributed by atoms with E-state index < -0.39 is 31.0 Å². The third kappa shape index (κ3) is 90.6. The molecule has 0 rings (SSSR count). The van der Waals surface area contributed by atoms with Gasteiger partial charge in [-0.15, -0.1) is 20.6 Å². The van der Waals surface area contributed by atoms with Crippen molar-refractivity contribution in [2.45, 2.75) is 658 Å². The third-order valence-corrected chi connectivity index (χ3v) is 36.5. The first-order chi connectivity index (χ1) is 56.8. The molecular weight excluding hydrogens is 1460 g/mol. The molecule has 0 saturated heterocycles. The maximum atomic E-state index is 15.9. The zero-order valence-electron chi connectivity index (χ0n) is 81.0. The van der Waals surface area contributed by atoms with Gasteiger partial charge in [-0.05, 0) is 38.5 Å². The lowest BCUT2D eigenvalue weighted by molar-refractivity contribution is 0.420. The molecule has 0 atom stereocenters. The SMILES string of the molecule is CCCCCCCCCCCCCCCCCCS(CCCCCCCCCCCCCCCCCC)(CCCCCCCCCCCCCCCCCC)OS(=O)(=O)OS(CCCCCCCCCCCCCCCCCC)(CCCCCCCCCCCCCCCCCC)CCCCCCCCCCCCCCCCCC. The van der Waals surface area contributed by atoms with E-state index in [9.17, 15) is 0 Å². The molecule has 7 heteroatoms. The highest BCUT2D eigenvalue weighted by Crippen LogP contribution is 2.59. The van der Waals surface area contributed by atoms with Crippen molar-refractivity contribution in [1.29, 1.82) is 0 Å². The summed E-state index contributed by atoms with van der Waals surface area (Å²) in [4.78, 5) is 0. The number of hydrogen-bond donors (Lipinski definition) is 0. The Labute approximate surface area is 734 Å². The maximum Gasteiger partial charge on any atom is 0.418 e. The van der Waals surface area contributed by atoms with Crippen molar-refractivity contribution in [3.8, 4) is 0 Å². The molecule has 0 N–H and O–H groups in total. The average Bonchev–Trinajstić information content (AvgIpc) is 0.804. The third-order valence-electron chi connectivity index (χ3n) is 26.7. The molecule has 0 fully saturated rings. The molecule has 0 heterocycles. The van der Waals surface area contributed by atoms with Gasteiger partial charge in [0, 0.05) is 34.5 Å². The molecule has 0 aromatic heterocycles. The molecule has 0 aliphatic rings. The van der Waals surface area contributed by atoms with Crippen LogP contribution in [0.15, 0.2) is 0 Å². The van der Waals surface area contributed by atoms with Gasteiger partial charge in [0.1, 0.15) is 0 Å². The first kappa shape index (κ1) is 116. The Balaban J connectivity index is 6.87. The Morgan fingerprint density at radius 3 is 0.261 bits per heavy atom. The van der Waals surface area contributed by atoms with Crippen molar-refractivity contribution in [2.24, 2.45) is 0 Å². The van der Waals surface area contributed by atoms with Gasteiger partial charge in [0.05, 0.1) is 0 Å². The van der Waals surface area contributed by atoms with Crippen LogP contribution in [0.3, 0.4) is 0 Å². The van der Waals surface area contributed by atoms with E-state index in [-0.39, 0.29) is 0 Å². The lowest BCUT2D eigenvalue weighted by Gasteiger charge is -2.42. The van der Waals surface area contributed by atoms with E-state index in [0.29, 0.717) is 0 Å². The van der Waals surface area contributed by atoms with E-state index in [1.54, 1.807) is 0 Å². The van der Waals surface area contributed by atoms with E-state index in [2.05, 4.69) is 41.5 Å². The summed E-state index contributed by atoms with van der Waals surface area (Å²) in [5, 5.41) is 0. The van der Waals surface area contributed by atoms with E-state index in [1.807, 2.05) is 0 Å². The Hall–Kier alpha value is 0.570. The second-order valence-electron chi connectivity index (χ2n) is 38.5. The summed E-state index contributed by atoms with van der Waals surface area (Å²) in [6.45, 7) is 14.0. The van der Waals surface area contributed by atoms with Crippen LogP contribution in [0.1, 0.15) is 658 Å². The van der Waals surface area contributed by atoms with Crippen molar-refractivity contribution in [3.05, 3.63) is 0 Å². The lowest BCUT2D eigenvalue weighted by Crippen LogP contribution is -2.26. The van der Waals surface area contributed by atoms with Gasteiger partial charge < -0.3 is 0 Å². The van der Waals surface area contributed by atoms with Crippen molar-refractivity contribution in [3.63, 3.8) is 0 Å². The van der Waals surface area contributed by atoms with E-state index >= 15 is 8.42 Å². The monoisotopic (exact) mass is 1680 g/mol. The first-order valence-corrected chi connectivity index (χ1v) is 60.4. The molecule has 4 nitrogen and oxygen atoms in total.